The quantitative estimate of drug-likeness (QED) is 0.245. The van der Waals surface area contributed by atoms with Crippen LogP contribution < -0.4 is 9.21 Å². The van der Waals surface area contributed by atoms with Crippen LogP contribution in [0.15, 0.2) is 59.5 Å². The third-order valence-corrected chi connectivity index (χ3v) is 6.32. The first-order valence-electron chi connectivity index (χ1n) is 9.35. The summed E-state index contributed by atoms with van der Waals surface area (Å²) < 4.78 is 27.5. The summed E-state index contributed by atoms with van der Waals surface area (Å²) in [5.74, 6) is 0. The van der Waals surface area contributed by atoms with Crippen molar-refractivity contribution in [2.75, 3.05) is 43.7 Å². The van der Waals surface area contributed by atoms with E-state index < -0.39 is 21.1 Å². The number of nitro groups is 1. The highest BCUT2D eigenvalue weighted by molar-refractivity contribution is 7.92. The van der Waals surface area contributed by atoms with E-state index in [4.69, 9.17) is 10.2 Å². The molecule has 0 fully saturated rings. The van der Waals surface area contributed by atoms with Gasteiger partial charge in [0.15, 0.2) is 0 Å². The van der Waals surface area contributed by atoms with E-state index in [1.54, 1.807) is 30.3 Å². The molecule has 2 rings (SSSR count). The summed E-state index contributed by atoms with van der Waals surface area (Å²) in [6, 6.07) is 12.8. The van der Waals surface area contributed by atoms with Crippen LogP contribution in [0.25, 0.3) is 0 Å². The second-order valence-electron chi connectivity index (χ2n) is 6.68. The van der Waals surface area contributed by atoms with Crippen molar-refractivity contribution in [2.45, 2.75) is 11.0 Å². The second-order valence-corrected chi connectivity index (χ2v) is 8.54. The Morgan fingerprint density at radius 3 is 2.07 bits per heavy atom. The molecule has 4 N–H and O–H groups in total. The van der Waals surface area contributed by atoms with Crippen molar-refractivity contribution in [1.29, 1.82) is 0 Å². The number of non-ortho nitro benzene ring substituents is 1. The van der Waals surface area contributed by atoms with Gasteiger partial charge in [-0.3, -0.25) is 14.4 Å². The van der Waals surface area contributed by atoms with Gasteiger partial charge in [0.2, 0.25) is 0 Å². The maximum absolute atomic E-state index is 13.2. The highest BCUT2D eigenvalue weighted by Crippen LogP contribution is 2.25. The number of rotatable bonds is 12. The molecule has 0 saturated heterocycles. The minimum absolute atomic E-state index is 0.125. The lowest BCUT2D eigenvalue weighted by Gasteiger charge is -2.28. The summed E-state index contributed by atoms with van der Waals surface area (Å²) in [6.07, 6.45) is -1.08. The van der Waals surface area contributed by atoms with Crippen LogP contribution in [0.2, 0.25) is 0 Å². The van der Waals surface area contributed by atoms with E-state index in [1.807, 2.05) is 0 Å². The lowest BCUT2D eigenvalue weighted by molar-refractivity contribution is -0.903. The predicted molar refractivity (Wildman–Crippen MR) is 110 cm³/mol. The molecule has 164 valence electrons. The Morgan fingerprint density at radius 1 is 1.00 bits per heavy atom. The van der Waals surface area contributed by atoms with E-state index in [0.717, 1.165) is 33.5 Å². The third kappa shape index (κ3) is 6.21. The van der Waals surface area contributed by atoms with E-state index in [2.05, 4.69) is 0 Å². The Labute approximate surface area is 174 Å². The Bertz CT molecular complexity index is 901. The molecule has 0 aliphatic heterocycles. The van der Waals surface area contributed by atoms with Crippen molar-refractivity contribution in [1.82, 2.24) is 0 Å². The fourth-order valence-corrected chi connectivity index (χ4v) is 4.54. The van der Waals surface area contributed by atoms with Crippen LogP contribution in [-0.4, -0.2) is 74.2 Å². The molecule has 11 heteroatoms. The molecule has 2 aromatic rings. The Hall–Kier alpha value is -2.57. The number of sulfonamides is 1. The number of nitrogens with one attached hydrogen (secondary N) is 1. The average Bonchev–Trinajstić information content (AvgIpc) is 2.73. The van der Waals surface area contributed by atoms with Gasteiger partial charge in [-0.2, -0.15) is 0 Å². The topological polar surface area (TPSA) is 146 Å². The number of hydrogen-bond acceptors (Lipinski definition) is 7. The number of nitro benzene ring substituents is 1. The maximum Gasteiger partial charge on any atom is 0.269 e. The zero-order chi connectivity index (χ0) is 22.1. The first-order valence-corrected chi connectivity index (χ1v) is 10.8. The fraction of sp³-hybridized carbons (Fsp3) is 0.368. The first kappa shape index (κ1) is 23.7. The summed E-state index contributed by atoms with van der Waals surface area (Å²) in [5, 5.41) is 39.7. The van der Waals surface area contributed by atoms with Crippen LogP contribution in [0.3, 0.4) is 0 Å². The Balaban J connectivity index is 2.32. The van der Waals surface area contributed by atoms with Gasteiger partial charge in [-0.05, 0) is 24.3 Å². The van der Waals surface area contributed by atoms with E-state index in [9.17, 15) is 23.6 Å². The van der Waals surface area contributed by atoms with Crippen LogP contribution in [0, 0.1) is 10.1 Å². The summed E-state index contributed by atoms with van der Waals surface area (Å²) >= 11 is 0. The molecule has 0 radical (unpaired) electrons. The lowest BCUT2D eigenvalue weighted by Crippen LogP contribution is -3.14. The molecule has 0 aliphatic rings. The van der Waals surface area contributed by atoms with Gasteiger partial charge in [-0.15, -0.1) is 0 Å². The summed E-state index contributed by atoms with van der Waals surface area (Å²) in [4.78, 5) is 10.8. The Kier molecular flexibility index (Phi) is 8.69. The summed E-state index contributed by atoms with van der Waals surface area (Å²) in [5.41, 5.74) is 0.105. The molecule has 0 amide bonds. The van der Waals surface area contributed by atoms with E-state index in [1.165, 1.54) is 0 Å². The second kappa shape index (κ2) is 11.0. The van der Waals surface area contributed by atoms with Gasteiger partial charge in [-0.25, -0.2) is 8.42 Å². The SMILES string of the molecule is O=[N+]([O-])c1ccc(S(=O)(=O)N(C[C@H](O)C[NH+](CCO)CCO)c2ccccc2)cc1. The van der Waals surface area contributed by atoms with Gasteiger partial charge in [0, 0.05) is 12.1 Å². The molecular formula is C19H26N3O7S+. The van der Waals surface area contributed by atoms with Gasteiger partial charge in [0.05, 0.1) is 35.3 Å². The number of para-hydroxylation sites is 1. The standard InChI is InChI=1S/C19H25N3O7S/c23-12-10-20(11-13-24)14-18(25)15-21(16-4-2-1-3-5-16)30(28,29)19-8-6-17(7-9-19)22(26)27/h1-9,18,23-25H,10-15H2/p+1/t18-/m1/s1. The number of aliphatic hydroxyl groups excluding tert-OH is 3. The minimum atomic E-state index is -4.11. The molecule has 0 spiro atoms. The monoisotopic (exact) mass is 440 g/mol. The smallest absolute Gasteiger partial charge is 0.269 e. The number of anilines is 1. The van der Waals surface area contributed by atoms with Gasteiger partial charge in [0.1, 0.15) is 25.7 Å². The molecule has 0 aliphatic carbocycles. The highest BCUT2D eigenvalue weighted by atomic mass is 32.2. The van der Waals surface area contributed by atoms with Gasteiger partial charge >= 0.3 is 0 Å². The van der Waals surface area contributed by atoms with Gasteiger partial charge in [0.25, 0.3) is 15.7 Å². The van der Waals surface area contributed by atoms with E-state index in [-0.39, 0.29) is 36.9 Å². The largest absolute Gasteiger partial charge is 0.391 e. The molecular weight excluding hydrogens is 414 g/mol. The van der Waals surface area contributed by atoms with Crippen molar-refractivity contribution in [3.63, 3.8) is 0 Å². The van der Waals surface area contributed by atoms with Crippen LogP contribution in [0.4, 0.5) is 11.4 Å². The first-order chi connectivity index (χ1) is 14.3. The van der Waals surface area contributed by atoms with Crippen LogP contribution in [0.5, 0.6) is 0 Å². The fourth-order valence-electron chi connectivity index (χ4n) is 3.04. The maximum atomic E-state index is 13.2. The van der Waals surface area contributed by atoms with E-state index >= 15 is 0 Å². The van der Waals surface area contributed by atoms with Crippen molar-refractivity contribution < 1.29 is 33.6 Å². The Morgan fingerprint density at radius 2 is 1.57 bits per heavy atom. The molecule has 0 unspecified atom stereocenters. The normalized spacial score (nSPS) is 12.7. The van der Waals surface area contributed by atoms with Crippen molar-refractivity contribution >= 4 is 21.4 Å². The summed E-state index contributed by atoms with van der Waals surface area (Å²) in [6.45, 7) is 0.205. The number of quaternary nitrogens is 1. The van der Waals surface area contributed by atoms with Gasteiger partial charge in [-0.1, -0.05) is 18.2 Å². The number of benzene rings is 2. The van der Waals surface area contributed by atoms with Crippen LogP contribution in [-0.2, 0) is 10.0 Å². The molecule has 0 heterocycles. The number of nitrogens with zero attached hydrogens (tertiary/aromatic N) is 2. The van der Waals surface area contributed by atoms with Crippen LogP contribution >= 0.6 is 0 Å². The molecule has 0 bridgehead atoms. The van der Waals surface area contributed by atoms with Gasteiger partial charge < -0.3 is 20.2 Å². The summed E-state index contributed by atoms with van der Waals surface area (Å²) in [7, 11) is -4.11. The molecule has 10 nitrogen and oxygen atoms in total. The minimum Gasteiger partial charge on any atom is -0.391 e. The van der Waals surface area contributed by atoms with Crippen molar-refractivity contribution in [2.24, 2.45) is 0 Å². The number of hydrogen-bond donors (Lipinski definition) is 4. The van der Waals surface area contributed by atoms with Crippen LogP contribution in [0.1, 0.15) is 0 Å². The molecule has 0 saturated carbocycles. The number of aliphatic hydroxyl groups is 3. The lowest BCUT2D eigenvalue weighted by atomic mass is 10.2. The molecule has 2 aromatic carbocycles. The van der Waals surface area contributed by atoms with E-state index in [0.29, 0.717) is 18.8 Å². The molecule has 1 atom stereocenters. The third-order valence-electron chi connectivity index (χ3n) is 4.51. The predicted octanol–water partition coefficient (Wildman–Crippen LogP) is -0.979. The molecule has 0 aromatic heterocycles. The highest BCUT2D eigenvalue weighted by Gasteiger charge is 2.29. The zero-order valence-electron chi connectivity index (χ0n) is 16.3. The molecule has 30 heavy (non-hydrogen) atoms. The zero-order valence-corrected chi connectivity index (χ0v) is 17.1. The van der Waals surface area contributed by atoms with Crippen molar-refractivity contribution in [3.8, 4) is 0 Å². The van der Waals surface area contributed by atoms with Crippen molar-refractivity contribution in [3.05, 3.63) is 64.7 Å². The average molecular weight is 440 g/mol.